The highest BCUT2D eigenvalue weighted by atomic mass is 35.5. The number of ether oxygens (including phenoxy) is 1. The maximum absolute atomic E-state index is 6.06. The lowest BCUT2D eigenvalue weighted by Crippen LogP contribution is -2.13. The van der Waals surface area contributed by atoms with Gasteiger partial charge in [0.25, 0.3) is 0 Å². The van der Waals surface area contributed by atoms with Crippen LogP contribution in [-0.4, -0.2) is 13.2 Å². The van der Waals surface area contributed by atoms with Crippen LogP contribution in [0.5, 0.6) is 5.75 Å². The zero-order valence-corrected chi connectivity index (χ0v) is 10.2. The highest BCUT2D eigenvalue weighted by Gasteiger charge is 2.02. The van der Waals surface area contributed by atoms with Gasteiger partial charge in [-0.1, -0.05) is 30.5 Å². The van der Waals surface area contributed by atoms with Crippen molar-refractivity contribution in [3.8, 4) is 18.1 Å². The van der Waals surface area contributed by atoms with Crippen LogP contribution in [0.25, 0.3) is 0 Å². The van der Waals surface area contributed by atoms with E-state index in [2.05, 4.69) is 18.2 Å². The molecule has 16 heavy (non-hydrogen) atoms. The molecule has 1 rings (SSSR count). The summed E-state index contributed by atoms with van der Waals surface area (Å²) in [5.41, 5.74) is 1.14. The maximum atomic E-state index is 6.06. The van der Waals surface area contributed by atoms with E-state index in [1.807, 2.05) is 18.2 Å². The van der Waals surface area contributed by atoms with Gasteiger partial charge in [0.1, 0.15) is 12.4 Å². The van der Waals surface area contributed by atoms with Gasteiger partial charge in [0.05, 0.1) is 5.02 Å². The quantitative estimate of drug-likeness (QED) is 0.607. The van der Waals surface area contributed by atoms with E-state index in [0.29, 0.717) is 10.8 Å². The summed E-state index contributed by atoms with van der Waals surface area (Å²) in [5, 5.41) is 3.91. The van der Waals surface area contributed by atoms with Crippen molar-refractivity contribution in [1.82, 2.24) is 5.32 Å². The van der Waals surface area contributed by atoms with E-state index in [1.165, 1.54) is 0 Å². The van der Waals surface area contributed by atoms with E-state index in [0.717, 1.165) is 25.1 Å². The predicted octanol–water partition coefficient (Wildman–Crippen LogP) is 2.85. The Labute approximate surface area is 102 Å². The number of hydrogen-bond acceptors (Lipinski definition) is 2. The summed E-state index contributed by atoms with van der Waals surface area (Å²) in [6, 6.07) is 5.74. The fourth-order valence-electron chi connectivity index (χ4n) is 1.30. The Balaban J connectivity index is 2.57. The Kier molecular flexibility index (Phi) is 5.77. The number of nitrogens with one attached hydrogen (secondary N) is 1. The normalized spacial score (nSPS) is 9.81. The Hall–Kier alpha value is -1.17. The molecule has 1 aromatic carbocycles. The van der Waals surface area contributed by atoms with Crippen molar-refractivity contribution in [1.29, 1.82) is 0 Å². The molecule has 0 spiro atoms. The molecule has 0 heterocycles. The predicted molar refractivity (Wildman–Crippen MR) is 67.8 cm³/mol. The lowest BCUT2D eigenvalue weighted by atomic mass is 10.2. The number of halogens is 1. The van der Waals surface area contributed by atoms with E-state index in [1.54, 1.807) is 0 Å². The average molecular weight is 238 g/mol. The minimum absolute atomic E-state index is 0.243. The Morgan fingerprint density at radius 3 is 2.94 bits per heavy atom. The molecule has 0 radical (unpaired) electrons. The first-order valence-electron chi connectivity index (χ1n) is 5.33. The van der Waals surface area contributed by atoms with E-state index >= 15 is 0 Å². The SMILES string of the molecule is C#CCOc1ccc(CNCCC)cc1Cl. The second kappa shape index (κ2) is 7.16. The third kappa shape index (κ3) is 4.14. The molecule has 1 N–H and O–H groups in total. The minimum Gasteiger partial charge on any atom is -0.479 e. The largest absolute Gasteiger partial charge is 0.479 e. The summed E-state index contributed by atoms with van der Waals surface area (Å²) in [4.78, 5) is 0. The van der Waals surface area contributed by atoms with Crippen LogP contribution in [-0.2, 0) is 6.54 Å². The summed E-state index contributed by atoms with van der Waals surface area (Å²) >= 11 is 6.06. The fraction of sp³-hybridized carbons (Fsp3) is 0.385. The van der Waals surface area contributed by atoms with Crippen molar-refractivity contribution < 1.29 is 4.74 Å². The van der Waals surface area contributed by atoms with Crippen molar-refractivity contribution in [3.63, 3.8) is 0 Å². The molecule has 1 aromatic rings. The Morgan fingerprint density at radius 1 is 1.50 bits per heavy atom. The summed E-state index contributed by atoms with van der Waals surface area (Å²) in [6.07, 6.45) is 6.23. The molecule has 0 aliphatic carbocycles. The molecule has 0 amide bonds. The third-order valence-electron chi connectivity index (χ3n) is 2.06. The minimum atomic E-state index is 0.243. The molecule has 0 atom stereocenters. The van der Waals surface area contributed by atoms with Crippen LogP contribution in [0.15, 0.2) is 18.2 Å². The molecule has 0 aromatic heterocycles. The van der Waals surface area contributed by atoms with Crippen LogP contribution in [0.1, 0.15) is 18.9 Å². The summed E-state index contributed by atoms with van der Waals surface area (Å²) in [7, 11) is 0. The van der Waals surface area contributed by atoms with Gasteiger partial charge in [-0.2, -0.15) is 0 Å². The van der Waals surface area contributed by atoms with Crippen LogP contribution in [0, 0.1) is 12.3 Å². The first kappa shape index (κ1) is 12.9. The number of terminal acetylenes is 1. The summed E-state index contributed by atoms with van der Waals surface area (Å²) in [5.74, 6) is 3.04. The standard InChI is InChI=1S/C13H16ClNO/c1-3-7-15-10-11-5-6-13(12(14)9-11)16-8-4-2/h2,5-6,9,15H,3,7-8,10H2,1H3. The Morgan fingerprint density at radius 2 is 2.31 bits per heavy atom. The van der Waals surface area contributed by atoms with E-state index in [-0.39, 0.29) is 6.61 Å². The van der Waals surface area contributed by atoms with Crippen molar-refractivity contribution in [2.75, 3.05) is 13.2 Å². The molecular formula is C13H16ClNO. The van der Waals surface area contributed by atoms with Crippen LogP contribution in [0.2, 0.25) is 5.02 Å². The molecule has 0 bridgehead atoms. The lowest BCUT2D eigenvalue weighted by Gasteiger charge is -2.08. The van der Waals surface area contributed by atoms with Crippen molar-refractivity contribution >= 4 is 11.6 Å². The van der Waals surface area contributed by atoms with Gasteiger partial charge in [-0.3, -0.25) is 0 Å². The zero-order valence-electron chi connectivity index (χ0n) is 9.42. The second-order valence-corrected chi connectivity index (χ2v) is 3.84. The molecular weight excluding hydrogens is 222 g/mol. The summed E-state index contributed by atoms with van der Waals surface area (Å²) in [6.45, 7) is 4.21. The van der Waals surface area contributed by atoms with Gasteiger partial charge in [0, 0.05) is 6.54 Å². The smallest absolute Gasteiger partial charge is 0.148 e. The topological polar surface area (TPSA) is 21.3 Å². The molecule has 0 saturated heterocycles. The first-order valence-corrected chi connectivity index (χ1v) is 5.71. The molecule has 0 unspecified atom stereocenters. The summed E-state index contributed by atoms with van der Waals surface area (Å²) < 4.78 is 5.28. The van der Waals surface area contributed by atoms with Gasteiger partial charge >= 0.3 is 0 Å². The fourth-order valence-corrected chi connectivity index (χ4v) is 1.56. The molecule has 0 saturated carbocycles. The average Bonchev–Trinajstić information content (AvgIpc) is 2.28. The van der Waals surface area contributed by atoms with Crippen LogP contribution in [0.3, 0.4) is 0 Å². The van der Waals surface area contributed by atoms with Crippen LogP contribution < -0.4 is 10.1 Å². The van der Waals surface area contributed by atoms with Crippen molar-refractivity contribution in [3.05, 3.63) is 28.8 Å². The van der Waals surface area contributed by atoms with Crippen LogP contribution in [0.4, 0.5) is 0 Å². The molecule has 0 aliphatic rings. The first-order chi connectivity index (χ1) is 7.77. The second-order valence-electron chi connectivity index (χ2n) is 3.43. The molecule has 3 heteroatoms. The van der Waals surface area contributed by atoms with Crippen LogP contribution >= 0.6 is 11.6 Å². The lowest BCUT2D eigenvalue weighted by molar-refractivity contribution is 0.370. The van der Waals surface area contributed by atoms with Gasteiger partial charge in [0.15, 0.2) is 0 Å². The molecule has 0 aliphatic heterocycles. The Bertz CT molecular complexity index is 371. The highest BCUT2D eigenvalue weighted by Crippen LogP contribution is 2.25. The number of rotatable bonds is 6. The van der Waals surface area contributed by atoms with Gasteiger partial charge in [-0.05, 0) is 30.7 Å². The zero-order chi connectivity index (χ0) is 11.8. The number of hydrogen-bond donors (Lipinski definition) is 1. The third-order valence-corrected chi connectivity index (χ3v) is 2.36. The van der Waals surface area contributed by atoms with Gasteiger partial charge < -0.3 is 10.1 Å². The number of benzene rings is 1. The van der Waals surface area contributed by atoms with Crippen molar-refractivity contribution in [2.45, 2.75) is 19.9 Å². The van der Waals surface area contributed by atoms with E-state index in [9.17, 15) is 0 Å². The van der Waals surface area contributed by atoms with E-state index < -0.39 is 0 Å². The molecule has 0 fully saturated rings. The van der Waals surface area contributed by atoms with Crippen molar-refractivity contribution in [2.24, 2.45) is 0 Å². The molecule has 86 valence electrons. The van der Waals surface area contributed by atoms with Gasteiger partial charge in [-0.15, -0.1) is 6.42 Å². The highest BCUT2D eigenvalue weighted by molar-refractivity contribution is 6.32. The maximum Gasteiger partial charge on any atom is 0.148 e. The monoisotopic (exact) mass is 237 g/mol. The van der Waals surface area contributed by atoms with E-state index in [4.69, 9.17) is 22.8 Å². The van der Waals surface area contributed by atoms with Gasteiger partial charge in [-0.25, -0.2) is 0 Å². The molecule has 2 nitrogen and oxygen atoms in total. The van der Waals surface area contributed by atoms with Gasteiger partial charge in [0.2, 0.25) is 0 Å².